The predicted molar refractivity (Wildman–Crippen MR) is 282 cm³/mol. The fourth-order valence-electron chi connectivity index (χ4n) is 17.0. The van der Waals surface area contributed by atoms with Gasteiger partial charge in [0, 0.05) is 19.3 Å². The van der Waals surface area contributed by atoms with E-state index in [9.17, 15) is 70.9 Å². The summed E-state index contributed by atoms with van der Waals surface area (Å²) in [5, 5.41) is 132. The second-order valence-electron chi connectivity index (χ2n) is 27.5. The van der Waals surface area contributed by atoms with Crippen LogP contribution in [0, 0.1) is 50.2 Å². The van der Waals surface area contributed by atoms with Gasteiger partial charge in [-0.25, -0.2) is 0 Å². The number of ether oxygens (including phenoxy) is 10. The molecule has 25 heteroatoms. The van der Waals surface area contributed by atoms with Gasteiger partial charge in [-0.2, -0.15) is 0 Å². The topological polar surface area (TPSA) is 386 Å². The molecule has 83 heavy (non-hydrogen) atoms. The lowest BCUT2D eigenvalue weighted by Crippen LogP contribution is -2.69. The van der Waals surface area contributed by atoms with Crippen molar-refractivity contribution >= 4 is 17.9 Å². The zero-order valence-electron chi connectivity index (χ0n) is 49.2. The van der Waals surface area contributed by atoms with Gasteiger partial charge in [0.1, 0.15) is 86.0 Å². The predicted octanol–water partition coefficient (Wildman–Crippen LogP) is -0.895. The molecule has 474 valence electrons. The fraction of sp³-hybridized carbons (Fsp3) is 0.914. The van der Waals surface area contributed by atoms with Crippen molar-refractivity contribution in [1.29, 1.82) is 0 Å². The molecule has 0 amide bonds. The van der Waals surface area contributed by atoms with Gasteiger partial charge in [-0.05, 0) is 111 Å². The summed E-state index contributed by atoms with van der Waals surface area (Å²) in [6.07, 6.45) is -29.0. The van der Waals surface area contributed by atoms with Crippen LogP contribution in [0.25, 0.3) is 0 Å². The maximum Gasteiger partial charge on any atom is 0.315 e. The van der Waals surface area contributed by atoms with Gasteiger partial charge in [0.15, 0.2) is 25.0 Å². The van der Waals surface area contributed by atoms with Crippen molar-refractivity contribution in [3.8, 4) is 0 Å². The van der Waals surface area contributed by atoms with Gasteiger partial charge in [0.2, 0.25) is 6.29 Å². The van der Waals surface area contributed by atoms with Crippen LogP contribution in [-0.4, -0.2) is 234 Å². The van der Waals surface area contributed by atoms with E-state index in [0.717, 1.165) is 12.5 Å². The highest BCUT2D eigenvalue weighted by molar-refractivity contribution is 5.79. The zero-order valence-corrected chi connectivity index (χ0v) is 49.2. The normalized spacial score (nSPS) is 52.3. The summed E-state index contributed by atoms with van der Waals surface area (Å²) in [6.45, 7) is 16.7. The number of carbonyl (C=O) groups excluding carboxylic acids is 3. The van der Waals surface area contributed by atoms with Crippen molar-refractivity contribution in [3.63, 3.8) is 0 Å². The van der Waals surface area contributed by atoms with Crippen molar-refractivity contribution in [2.75, 3.05) is 19.8 Å². The van der Waals surface area contributed by atoms with E-state index in [4.69, 9.17) is 47.4 Å². The number of rotatable bonds is 13. The summed E-state index contributed by atoms with van der Waals surface area (Å²) in [5.41, 5.74) is -3.07. The molecule has 9 rings (SSSR count). The Labute approximate surface area is 483 Å². The van der Waals surface area contributed by atoms with E-state index in [-0.39, 0.29) is 30.3 Å². The van der Waals surface area contributed by atoms with Crippen LogP contribution in [0.4, 0.5) is 0 Å². The third kappa shape index (κ3) is 11.2. The maximum atomic E-state index is 15.9. The Balaban J connectivity index is 1.06. The van der Waals surface area contributed by atoms with Gasteiger partial charge < -0.3 is 109 Å². The number of esters is 3. The smallest absolute Gasteiger partial charge is 0.315 e. The first-order valence-corrected chi connectivity index (χ1v) is 29.6. The summed E-state index contributed by atoms with van der Waals surface area (Å²) in [6, 6.07) is 0. The third-order valence-electron chi connectivity index (χ3n) is 22.0. The van der Waals surface area contributed by atoms with Gasteiger partial charge in [-0.1, -0.05) is 53.2 Å². The quantitative estimate of drug-likeness (QED) is 0.0460. The molecule has 30 atom stereocenters. The van der Waals surface area contributed by atoms with Gasteiger partial charge in [0.05, 0.1) is 43.0 Å². The SMILES string of the molecule is CC(=O)OC[C@H]1O[C@@H](OC(=O)[C@]23CCC(C)(C)C[C@H]2C2=CC[C@@H]4[C@@]5(C)C[C@H](O)[C@H](O[C@@H]6O[C@H](C)[C@H](O)[C@H](O)[C@H]6O)[C@@](C)(COC(C)=O)[C@@H]5CC[C@@]4(C)[C@]2(C)CC3)[C@H](O[C@@H]2O[C@@H](C)[C@H](O)[C@@H](O)[C@H]2O)[C@@H](O[C@@H]2O[C@H](CO)[C@@H](O)[C@H](O)[C@H]2O)[C@@H]1O. The Hall–Kier alpha value is -2.61. The van der Waals surface area contributed by atoms with E-state index in [1.807, 2.05) is 6.92 Å². The number of hydrogen-bond acceptors (Lipinski definition) is 25. The van der Waals surface area contributed by atoms with Crippen LogP contribution >= 0.6 is 0 Å². The molecule has 0 bridgehead atoms. The minimum Gasteiger partial charge on any atom is -0.465 e. The van der Waals surface area contributed by atoms with E-state index >= 15 is 4.79 Å². The molecule has 9 aliphatic rings. The van der Waals surface area contributed by atoms with Crippen molar-refractivity contribution < 1.29 is 123 Å². The Bertz CT molecular complexity index is 2370. The second-order valence-corrected chi connectivity index (χ2v) is 27.5. The lowest BCUT2D eigenvalue weighted by atomic mass is 9.33. The van der Waals surface area contributed by atoms with Crippen molar-refractivity contribution in [2.45, 2.75) is 262 Å². The van der Waals surface area contributed by atoms with Gasteiger partial charge >= 0.3 is 17.9 Å². The van der Waals surface area contributed by atoms with Gasteiger partial charge in [0.25, 0.3) is 0 Å². The summed E-state index contributed by atoms with van der Waals surface area (Å²) < 4.78 is 60.5. The molecule has 25 nitrogen and oxygen atoms in total. The second kappa shape index (κ2) is 23.7. The van der Waals surface area contributed by atoms with E-state index in [1.54, 1.807) is 6.92 Å². The van der Waals surface area contributed by atoms with Crippen LogP contribution in [0.1, 0.15) is 127 Å². The molecule has 0 aromatic rings. The highest BCUT2D eigenvalue weighted by Crippen LogP contribution is 2.76. The average molecular weight is 1190 g/mol. The molecule has 4 saturated heterocycles. The van der Waals surface area contributed by atoms with E-state index < -0.39 is 199 Å². The third-order valence-corrected chi connectivity index (χ3v) is 22.0. The molecule has 12 N–H and O–H groups in total. The molecule has 0 radical (unpaired) electrons. The maximum absolute atomic E-state index is 15.9. The minimum atomic E-state index is -2.01. The molecule has 0 spiro atoms. The number of carbonyl (C=O) groups is 3. The first-order valence-electron chi connectivity index (χ1n) is 29.6. The number of aliphatic hydroxyl groups excluding tert-OH is 12. The Morgan fingerprint density at radius 3 is 1.71 bits per heavy atom. The van der Waals surface area contributed by atoms with Crippen molar-refractivity contribution in [1.82, 2.24) is 0 Å². The Kier molecular flexibility index (Phi) is 18.5. The summed E-state index contributed by atoms with van der Waals surface area (Å²) in [7, 11) is 0. The highest BCUT2D eigenvalue weighted by atomic mass is 16.8. The summed E-state index contributed by atoms with van der Waals surface area (Å²) in [4.78, 5) is 40.7. The summed E-state index contributed by atoms with van der Waals surface area (Å²) >= 11 is 0. The largest absolute Gasteiger partial charge is 0.465 e. The fourth-order valence-corrected chi connectivity index (χ4v) is 17.0. The van der Waals surface area contributed by atoms with Gasteiger partial charge in [-0.15, -0.1) is 0 Å². The van der Waals surface area contributed by atoms with Crippen molar-refractivity contribution in [3.05, 3.63) is 11.6 Å². The Morgan fingerprint density at radius 1 is 0.578 bits per heavy atom. The van der Waals surface area contributed by atoms with Crippen LogP contribution < -0.4 is 0 Å². The monoisotopic (exact) mass is 1190 g/mol. The standard InChI is InChI=1S/C58H92O25/c1-24-35(63)39(67)42(70)48(76-24)81-46-45(80-50-44(72)41(69)37(65)31(21-59)78-50)38(66)32(22-74-26(3)60)79-51(46)83-52(73)58-17-15-53(5,6)19-29(58)28-11-12-34-54(7)20-30(62)47(82-49-43(71)40(68)36(64)25(2)77-49)55(8,23-75-27(4)61)33(54)13-14-57(34,10)56(28,9)16-18-58/h11,24-25,29-51,59,62-72H,12-23H2,1-10H3/t24-,25+,29-,30-,31+,32+,33+,34+,35-,36-,37+,38+,39+,40-,41-,42+,43+,44+,45-,46+,47-,48-,49-,50-,51-,54-,55-,56+,57+,58-/m0/s1. The van der Waals surface area contributed by atoms with Crippen LogP contribution in [0.15, 0.2) is 11.6 Å². The van der Waals surface area contributed by atoms with Crippen LogP contribution in [0.5, 0.6) is 0 Å². The zero-order chi connectivity index (χ0) is 61.0. The first kappa shape index (κ1) is 64.9. The molecule has 4 heterocycles. The van der Waals surface area contributed by atoms with E-state index in [1.165, 1.54) is 13.8 Å². The molecule has 0 unspecified atom stereocenters. The number of hydrogen-bond donors (Lipinski definition) is 12. The molecule has 4 aliphatic heterocycles. The number of allylic oxidation sites excluding steroid dienone is 2. The average Bonchev–Trinajstić information content (AvgIpc) is 1.26. The van der Waals surface area contributed by atoms with Crippen LogP contribution in [0.3, 0.4) is 0 Å². The van der Waals surface area contributed by atoms with Crippen molar-refractivity contribution in [2.24, 2.45) is 50.2 Å². The molecule has 0 aromatic carbocycles. The van der Waals surface area contributed by atoms with Gasteiger partial charge in [-0.3, -0.25) is 14.4 Å². The first-order chi connectivity index (χ1) is 38.7. The molecule has 8 fully saturated rings. The van der Waals surface area contributed by atoms with E-state index in [2.05, 4.69) is 40.7 Å². The molecular formula is C58H92O25. The molecular weight excluding hydrogens is 1100 g/mol. The van der Waals surface area contributed by atoms with Crippen LogP contribution in [-0.2, 0) is 61.8 Å². The molecule has 5 aliphatic carbocycles. The number of fused-ring (bicyclic) bond motifs is 7. The minimum absolute atomic E-state index is 0.0752. The molecule has 0 aromatic heterocycles. The number of aliphatic hydroxyl groups is 12. The van der Waals surface area contributed by atoms with Crippen LogP contribution in [0.2, 0.25) is 0 Å². The lowest BCUT2D eigenvalue weighted by Gasteiger charge is -2.71. The lowest BCUT2D eigenvalue weighted by molar-refractivity contribution is -0.387. The summed E-state index contributed by atoms with van der Waals surface area (Å²) in [5.74, 6) is -2.73. The highest BCUT2D eigenvalue weighted by Gasteiger charge is 2.72. The Morgan fingerprint density at radius 2 is 1.12 bits per heavy atom. The molecule has 4 saturated carbocycles. The van der Waals surface area contributed by atoms with E-state index in [0.29, 0.717) is 51.4 Å².